The van der Waals surface area contributed by atoms with Crippen molar-refractivity contribution in [3.8, 4) is 17.2 Å². The number of hydrogen-bond acceptors (Lipinski definition) is 6. The smallest absolute Gasteiger partial charge is 0.331 e. The Hall–Kier alpha value is -2.90. The summed E-state index contributed by atoms with van der Waals surface area (Å²) in [5.41, 5.74) is 0.944. The summed E-state index contributed by atoms with van der Waals surface area (Å²) in [6.07, 6.45) is 2.68. The molecule has 0 aliphatic heterocycles. The van der Waals surface area contributed by atoms with E-state index in [1.54, 1.807) is 24.3 Å². The largest absolute Gasteiger partial charge is 0.493 e. The van der Waals surface area contributed by atoms with E-state index in [0.29, 0.717) is 38.5 Å². The van der Waals surface area contributed by atoms with Crippen LogP contribution in [0.5, 0.6) is 17.2 Å². The molecule has 2 aromatic rings. The third kappa shape index (κ3) is 6.30. The van der Waals surface area contributed by atoms with E-state index in [0.717, 1.165) is 0 Å². The van der Waals surface area contributed by atoms with Crippen LogP contribution in [0.25, 0.3) is 6.08 Å². The summed E-state index contributed by atoms with van der Waals surface area (Å²) in [5, 5.41) is 3.25. The van der Waals surface area contributed by atoms with E-state index in [1.165, 1.54) is 39.5 Å². The summed E-state index contributed by atoms with van der Waals surface area (Å²) >= 11 is 11.8. The minimum atomic E-state index is -0.703. The number of rotatable bonds is 8. The normalized spacial score (nSPS) is 10.5. The first kappa shape index (κ1) is 22.4. The molecule has 0 aliphatic rings. The monoisotopic (exact) mass is 439 g/mol. The van der Waals surface area contributed by atoms with Gasteiger partial charge in [-0.1, -0.05) is 23.2 Å². The molecule has 0 heterocycles. The highest BCUT2D eigenvalue weighted by Crippen LogP contribution is 2.38. The molecule has 0 aromatic heterocycles. The average molecular weight is 440 g/mol. The molecule has 0 aliphatic carbocycles. The molecule has 0 spiro atoms. The van der Waals surface area contributed by atoms with E-state index in [-0.39, 0.29) is 0 Å². The molecule has 2 rings (SSSR count). The van der Waals surface area contributed by atoms with Crippen LogP contribution in [0, 0.1) is 0 Å². The van der Waals surface area contributed by atoms with E-state index in [1.807, 2.05) is 0 Å². The average Bonchev–Trinajstić information content (AvgIpc) is 2.72. The first-order valence-corrected chi connectivity index (χ1v) is 9.03. The zero-order valence-corrected chi connectivity index (χ0v) is 17.5. The molecular formula is C20H19Cl2NO6. The number of halogens is 2. The molecular weight excluding hydrogens is 421 g/mol. The zero-order chi connectivity index (χ0) is 21.4. The summed E-state index contributed by atoms with van der Waals surface area (Å²) < 4.78 is 20.7. The molecule has 29 heavy (non-hydrogen) atoms. The van der Waals surface area contributed by atoms with Crippen LogP contribution in [0.2, 0.25) is 10.0 Å². The second-order valence-electron chi connectivity index (χ2n) is 5.57. The second-order valence-corrected chi connectivity index (χ2v) is 6.42. The van der Waals surface area contributed by atoms with Gasteiger partial charge in [0.25, 0.3) is 5.91 Å². The van der Waals surface area contributed by atoms with Gasteiger partial charge in [-0.2, -0.15) is 0 Å². The first-order chi connectivity index (χ1) is 13.9. The van der Waals surface area contributed by atoms with Gasteiger partial charge in [0.1, 0.15) is 0 Å². The molecule has 0 fully saturated rings. The van der Waals surface area contributed by atoms with Crippen molar-refractivity contribution in [2.45, 2.75) is 0 Å². The minimum Gasteiger partial charge on any atom is -0.493 e. The number of amides is 1. The van der Waals surface area contributed by atoms with Gasteiger partial charge < -0.3 is 24.3 Å². The van der Waals surface area contributed by atoms with Gasteiger partial charge in [0, 0.05) is 11.1 Å². The van der Waals surface area contributed by atoms with Crippen molar-refractivity contribution in [1.82, 2.24) is 0 Å². The van der Waals surface area contributed by atoms with Crippen molar-refractivity contribution in [3.05, 3.63) is 52.0 Å². The summed E-state index contributed by atoms with van der Waals surface area (Å²) in [7, 11) is 4.47. The fraction of sp³-hybridized carbons (Fsp3) is 0.200. The lowest BCUT2D eigenvalue weighted by Crippen LogP contribution is -2.20. The van der Waals surface area contributed by atoms with Crippen LogP contribution in [-0.4, -0.2) is 39.8 Å². The number of hydrogen-bond donors (Lipinski definition) is 1. The van der Waals surface area contributed by atoms with Gasteiger partial charge >= 0.3 is 5.97 Å². The lowest BCUT2D eigenvalue weighted by molar-refractivity contribution is -0.142. The fourth-order valence-electron chi connectivity index (χ4n) is 2.33. The van der Waals surface area contributed by atoms with Gasteiger partial charge in [0.15, 0.2) is 18.1 Å². The van der Waals surface area contributed by atoms with Crippen LogP contribution >= 0.6 is 23.2 Å². The third-order valence-electron chi connectivity index (χ3n) is 3.65. The van der Waals surface area contributed by atoms with E-state index in [4.69, 9.17) is 42.1 Å². The second kappa shape index (κ2) is 10.6. The predicted molar refractivity (Wildman–Crippen MR) is 111 cm³/mol. The van der Waals surface area contributed by atoms with E-state index < -0.39 is 18.5 Å². The molecule has 7 nitrogen and oxygen atoms in total. The Morgan fingerprint density at radius 2 is 1.66 bits per heavy atom. The van der Waals surface area contributed by atoms with Crippen LogP contribution in [0.1, 0.15) is 5.56 Å². The van der Waals surface area contributed by atoms with Crippen LogP contribution in [0.3, 0.4) is 0 Å². The van der Waals surface area contributed by atoms with Crippen LogP contribution in [0.4, 0.5) is 5.69 Å². The number of nitrogens with one attached hydrogen (secondary N) is 1. The summed E-state index contributed by atoms with van der Waals surface area (Å²) in [6, 6.07) is 7.96. The zero-order valence-electron chi connectivity index (χ0n) is 16.0. The molecule has 0 atom stereocenters. The van der Waals surface area contributed by atoms with Gasteiger partial charge in [-0.15, -0.1) is 0 Å². The standard InChI is InChI=1S/C20H19Cl2NO6/c1-26-16-8-12(9-17(27-2)20(16)28-3)4-7-19(25)29-11-18(24)23-15-10-13(21)5-6-14(15)22/h4-10H,11H2,1-3H3,(H,23,24). The Kier molecular flexibility index (Phi) is 8.18. The molecule has 154 valence electrons. The highest BCUT2D eigenvalue weighted by Gasteiger charge is 2.13. The Bertz CT molecular complexity index is 904. The van der Waals surface area contributed by atoms with Crippen molar-refractivity contribution < 1.29 is 28.5 Å². The number of carbonyl (C=O) groups is 2. The number of methoxy groups -OCH3 is 3. The van der Waals surface area contributed by atoms with E-state index in [9.17, 15) is 9.59 Å². The Labute approximate surface area is 178 Å². The molecule has 9 heteroatoms. The quantitative estimate of drug-likeness (QED) is 0.489. The van der Waals surface area contributed by atoms with Crippen molar-refractivity contribution in [2.75, 3.05) is 33.3 Å². The molecule has 1 N–H and O–H groups in total. The van der Waals surface area contributed by atoms with Gasteiger partial charge in [0.2, 0.25) is 5.75 Å². The van der Waals surface area contributed by atoms with E-state index >= 15 is 0 Å². The lowest BCUT2D eigenvalue weighted by Gasteiger charge is -2.12. The van der Waals surface area contributed by atoms with E-state index in [2.05, 4.69) is 5.32 Å². The molecule has 1 amide bonds. The van der Waals surface area contributed by atoms with Crippen LogP contribution in [-0.2, 0) is 14.3 Å². The predicted octanol–water partition coefficient (Wildman–Crippen LogP) is 4.21. The SMILES string of the molecule is COc1cc(C=CC(=O)OCC(=O)Nc2cc(Cl)ccc2Cl)cc(OC)c1OC. The molecule has 0 saturated carbocycles. The minimum absolute atomic E-state index is 0.316. The van der Waals surface area contributed by atoms with Crippen molar-refractivity contribution in [1.29, 1.82) is 0 Å². The summed E-state index contributed by atoms with van der Waals surface area (Å²) in [6.45, 7) is -0.485. The maximum absolute atomic E-state index is 11.9. The Morgan fingerprint density at radius 1 is 1.00 bits per heavy atom. The number of esters is 1. The van der Waals surface area contributed by atoms with Gasteiger partial charge in [-0.05, 0) is 42.0 Å². The van der Waals surface area contributed by atoms with Gasteiger partial charge in [0.05, 0.1) is 32.0 Å². The Morgan fingerprint density at radius 3 is 2.24 bits per heavy atom. The summed E-state index contributed by atoms with van der Waals surface area (Å²) in [5.74, 6) is 0.0659. The fourth-order valence-corrected chi connectivity index (χ4v) is 2.66. The maximum atomic E-state index is 11.9. The molecule has 0 unspecified atom stereocenters. The topological polar surface area (TPSA) is 83.1 Å². The van der Waals surface area contributed by atoms with Gasteiger partial charge in [-0.3, -0.25) is 4.79 Å². The van der Waals surface area contributed by atoms with Crippen molar-refractivity contribution >= 4 is 46.8 Å². The molecule has 0 bridgehead atoms. The molecule has 2 aromatic carbocycles. The number of anilines is 1. The van der Waals surface area contributed by atoms with Crippen LogP contribution in [0.15, 0.2) is 36.4 Å². The highest BCUT2D eigenvalue weighted by atomic mass is 35.5. The molecule has 0 radical (unpaired) electrons. The summed E-state index contributed by atoms with van der Waals surface area (Å²) in [4.78, 5) is 23.8. The Balaban J connectivity index is 1.97. The highest BCUT2D eigenvalue weighted by molar-refractivity contribution is 6.35. The number of ether oxygens (including phenoxy) is 4. The lowest BCUT2D eigenvalue weighted by atomic mass is 10.1. The van der Waals surface area contributed by atoms with Crippen LogP contribution < -0.4 is 19.5 Å². The first-order valence-electron chi connectivity index (χ1n) is 8.27. The third-order valence-corrected chi connectivity index (χ3v) is 4.21. The molecule has 0 saturated heterocycles. The number of carbonyl (C=O) groups excluding carboxylic acids is 2. The maximum Gasteiger partial charge on any atom is 0.331 e. The van der Waals surface area contributed by atoms with Crippen molar-refractivity contribution in [2.24, 2.45) is 0 Å². The van der Waals surface area contributed by atoms with Crippen molar-refractivity contribution in [3.63, 3.8) is 0 Å². The number of benzene rings is 2. The van der Waals surface area contributed by atoms with Gasteiger partial charge in [-0.25, -0.2) is 4.79 Å².